The van der Waals surface area contributed by atoms with E-state index >= 15 is 0 Å². The Bertz CT molecular complexity index is 433. The number of carbonyl (C=O) groups excluding carboxylic acids is 2. The zero-order chi connectivity index (χ0) is 14.4. The van der Waals surface area contributed by atoms with E-state index in [9.17, 15) is 18.4 Å². The van der Waals surface area contributed by atoms with Crippen molar-refractivity contribution in [1.82, 2.24) is 0 Å². The van der Waals surface area contributed by atoms with Gasteiger partial charge in [0.25, 0.3) is 0 Å². The van der Waals surface area contributed by atoms with Crippen molar-refractivity contribution < 1.29 is 41.5 Å². The van der Waals surface area contributed by atoms with Crippen molar-refractivity contribution in [3.63, 3.8) is 0 Å². The number of halogens is 2. The van der Waals surface area contributed by atoms with Crippen molar-refractivity contribution >= 4 is 11.8 Å². The number of ether oxygens (including phenoxy) is 1. The molecule has 3 aliphatic rings. The summed E-state index contributed by atoms with van der Waals surface area (Å²) in [6.07, 6.45) is 0.158. The summed E-state index contributed by atoms with van der Waals surface area (Å²) >= 11 is 1.11. The van der Waals surface area contributed by atoms with E-state index in [1.54, 1.807) is 0 Å². The SMILES string of the molecule is CC1CC23CC(CC2(OC(=O)[C-](F)F)C3)C1=O.[NH]=[Os]. The van der Waals surface area contributed by atoms with Crippen LogP contribution in [0.1, 0.15) is 32.6 Å². The molecular formula is C12H14F2NO3Os-. The predicted octanol–water partition coefficient (Wildman–Crippen LogP) is 2.40. The molecule has 3 fully saturated rings. The molecule has 0 aromatic carbocycles. The third kappa shape index (κ3) is 2.07. The van der Waals surface area contributed by atoms with Crippen molar-refractivity contribution in [2.24, 2.45) is 17.3 Å². The minimum atomic E-state index is -2.30. The molecule has 108 valence electrons. The second kappa shape index (κ2) is 4.70. The van der Waals surface area contributed by atoms with E-state index in [0.29, 0.717) is 25.7 Å². The average molecular weight is 448 g/mol. The molecule has 4 atom stereocenters. The number of hydrogen-bond donors (Lipinski definition) is 1. The Hall–Kier alpha value is -0.694. The minimum absolute atomic E-state index is 0.0315. The molecule has 4 unspecified atom stereocenters. The van der Waals surface area contributed by atoms with Crippen LogP contribution in [-0.4, -0.2) is 17.4 Å². The first-order valence-electron chi connectivity index (χ1n) is 6.02. The van der Waals surface area contributed by atoms with Crippen LogP contribution in [0.5, 0.6) is 0 Å². The van der Waals surface area contributed by atoms with Gasteiger partial charge in [0.05, 0.1) is 0 Å². The molecule has 0 saturated heterocycles. The first kappa shape index (κ1) is 14.7. The number of esters is 1. The van der Waals surface area contributed by atoms with Crippen molar-refractivity contribution in [3.05, 3.63) is 6.43 Å². The van der Waals surface area contributed by atoms with Crippen LogP contribution in [0, 0.1) is 27.7 Å². The molecule has 3 rings (SSSR count). The van der Waals surface area contributed by atoms with E-state index in [1.807, 2.05) is 6.92 Å². The topological polar surface area (TPSA) is 67.2 Å². The molecule has 3 saturated carbocycles. The molecule has 3 aliphatic carbocycles. The number of carbonyl (C=O) groups is 2. The van der Waals surface area contributed by atoms with Crippen LogP contribution >= 0.6 is 0 Å². The molecule has 1 spiro atoms. The van der Waals surface area contributed by atoms with E-state index in [-0.39, 0.29) is 23.0 Å². The summed E-state index contributed by atoms with van der Waals surface area (Å²) in [4.78, 5) is 22.8. The molecule has 2 bridgehead atoms. The molecule has 0 aromatic heterocycles. The second-order valence-electron chi connectivity index (χ2n) is 5.71. The van der Waals surface area contributed by atoms with Gasteiger partial charge in [0, 0.05) is 23.7 Å². The Labute approximate surface area is 119 Å². The van der Waals surface area contributed by atoms with Gasteiger partial charge in [-0.05, 0) is 25.7 Å². The zero-order valence-electron chi connectivity index (χ0n) is 10.3. The van der Waals surface area contributed by atoms with Crippen LogP contribution in [0.3, 0.4) is 0 Å². The van der Waals surface area contributed by atoms with E-state index in [4.69, 9.17) is 8.80 Å². The predicted molar refractivity (Wildman–Crippen MR) is 55.6 cm³/mol. The van der Waals surface area contributed by atoms with Gasteiger partial charge in [-0.1, -0.05) is 6.92 Å². The van der Waals surface area contributed by atoms with Crippen LogP contribution in [0.4, 0.5) is 8.78 Å². The number of hydrogen-bond acceptors (Lipinski definition) is 4. The first-order chi connectivity index (χ1) is 8.89. The van der Waals surface area contributed by atoms with Gasteiger partial charge in [-0.2, -0.15) is 0 Å². The summed E-state index contributed by atoms with van der Waals surface area (Å²) in [5.74, 6) is -1.45. The van der Waals surface area contributed by atoms with Crippen LogP contribution in [0.25, 0.3) is 0 Å². The third-order valence-electron chi connectivity index (χ3n) is 4.71. The summed E-state index contributed by atoms with van der Waals surface area (Å²) in [5.41, 5.74) is -0.950. The number of rotatable bonds is 2. The first-order valence-corrected chi connectivity index (χ1v) is 7.29. The molecule has 0 aliphatic heterocycles. The number of nitrogens with one attached hydrogen (secondary N) is 1. The molecule has 19 heavy (non-hydrogen) atoms. The number of ketones is 1. The molecular weight excluding hydrogens is 434 g/mol. The van der Waals surface area contributed by atoms with E-state index in [2.05, 4.69) is 0 Å². The standard InChI is InChI=1S/C12H13F2O3.HN.Os/c1-6-2-11-3-7(8(6)15)4-12(11,5-11)17-10(16)9(13)14;;/h6-7H,2-5H2,1H3;1H;/q-1;;. The van der Waals surface area contributed by atoms with Crippen molar-refractivity contribution in [2.75, 3.05) is 0 Å². The Kier molecular flexibility index (Phi) is 3.64. The maximum atomic E-state index is 12.1. The summed E-state index contributed by atoms with van der Waals surface area (Å²) in [5, 5.41) is 0. The second-order valence-corrected chi connectivity index (χ2v) is 5.71. The van der Waals surface area contributed by atoms with Crippen LogP contribution < -0.4 is 0 Å². The molecule has 4 nitrogen and oxygen atoms in total. The van der Waals surface area contributed by atoms with Crippen molar-refractivity contribution in [1.29, 1.82) is 4.06 Å². The third-order valence-corrected chi connectivity index (χ3v) is 4.71. The van der Waals surface area contributed by atoms with Gasteiger partial charge in [0.15, 0.2) is 0 Å². The fourth-order valence-corrected chi connectivity index (χ4v) is 4.02. The zero-order valence-corrected chi connectivity index (χ0v) is 12.9. The molecule has 0 amide bonds. The Morgan fingerprint density at radius 3 is 2.63 bits per heavy atom. The van der Waals surface area contributed by atoms with Gasteiger partial charge in [0.2, 0.25) is 5.97 Å². The fourth-order valence-electron chi connectivity index (χ4n) is 4.02. The van der Waals surface area contributed by atoms with Gasteiger partial charge in [0.1, 0.15) is 11.4 Å². The summed E-state index contributed by atoms with van der Waals surface area (Å²) in [7, 11) is 0. The van der Waals surface area contributed by atoms with E-state index in [0.717, 1.165) is 18.4 Å². The fraction of sp³-hybridized carbons (Fsp3) is 0.750. The van der Waals surface area contributed by atoms with E-state index < -0.39 is 18.0 Å². The average Bonchev–Trinajstić information content (AvgIpc) is 2.84. The Balaban J connectivity index is 0.000000637. The van der Waals surface area contributed by atoms with Crippen LogP contribution in [0.2, 0.25) is 0 Å². The van der Waals surface area contributed by atoms with Gasteiger partial charge < -0.3 is 13.5 Å². The van der Waals surface area contributed by atoms with Crippen molar-refractivity contribution in [3.8, 4) is 0 Å². The quantitative estimate of drug-likeness (QED) is 0.521. The normalized spacial score (nSPS) is 41.8. The van der Waals surface area contributed by atoms with Crippen LogP contribution in [0.15, 0.2) is 0 Å². The summed E-state index contributed by atoms with van der Waals surface area (Å²) < 4.78 is 35.0. The monoisotopic (exact) mass is 450 g/mol. The summed E-state index contributed by atoms with van der Waals surface area (Å²) in [6, 6.07) is 0. The van der Waals surface area contributed by atoms with Gasteiger partial charge in [-0.25, -0.2) is 0 Å². The van der Waals surface area contributed by atoms with Gasteiger partial charge >= 0.3 is 22.5 Å². The van der Waals surface area contributed by atoms with Crippen LogP contribution in [-0.2, 0) is 32.7 Å². The molecule has 0 aromatic rings. The van der Waals surface area contributed by atoms with Gasteiger partial charge in [-0.3, -0.25) is 9.59 Å². The number of fused-ring (bicyclic) bond motifs is 1. The molecule has 0 heterocycles. The summed E-state index contributed by atoms with van der Waals surface area (Å²) in [6.45, 7) is 1.87. The Morgan fingerprint density at radius 2 is 2.05 bits per heavy atom. The maximum absolute atomic E-state index is 12.1. The molecule has 1 N–H and O–H groups in total. The van der Waals surface area contributed by atoms with E-state index in [1.165, 1.54) is 0 Å². The Morgan fingerprint density at radius 1 is 1.42 bits per heavy atom. The van der Waals surface area contributed by atoms with Gasteiger partial charge in [-0.15, -0.1) is 0 Å². The molecule has 0 radical (unpaired) electrons. The van der Waals surface area contributed by atoms with Crippen molar-refractivity contribution in [2.45, 2.75) is 38.2 Å². The molecule has 7 heteroatoms. The number of Topliss-reactive ketones (excluding diaryl/α,β-unsaturated/α-hetero) is 1.